The largest absolute Gasteiger partial charge is 0.485 e. The van der Waals surface area contributed by atoms with Gasteiger partial charge in [0, 0.05) is 24.5 Å². The lowest BCUT2D eigenvalue weighted by Gasteiger charge is -2.19. The Morgan fingerprint density at radius 2 is 2.13 bits per heavy atom. The third-order valence-corrected chi connectivity index (χ3v) is 5.20. The van der Waals surface area contributed by atoms with Gasteiger partial charge in [0.2, 0.25) is 0 Å². The molecule has 4 rings (SSSR count). The number of nitrogens with two attached hydrogens (primary N) is 1. The molecule has 1 fully saturated rings. The lowest BCUT2D eigenvalue weighted by molar-refractivity contribution is 0.0784. The van der Waals surface area contributed by atoms with Crippen LogP contribution >= 0.6 is 11.3 Å². The highest BCUT2D eigenvalue weighted by Gasteiger charge is 2.38. The van der Waals surface area contributed by atoms with E-state index < -0.39 is 0 Å². The molecule has 0 aromatic carbocycles. The molecule has 0 aliphatic carbocycles. The van der Waals surface area contributed by atoms with Crippen LogP contribution in [0.2, 0.25) is 0 Å². The number of furan rings is 1. The van der Waals surface area contributed by atoms with E-state index in [-0.39, 0.29) is 17.9 Å². The summed E-state index contributed by atoms with van der Waals surface area (Å²) < 4.78 is 16.8. The number of ether oxygens (including phenoxy) is 2. The Hall–Kier alpha value is -1.99. The fourth-order valence-electron chi connectivity index (χ4n) is 3.10. The molecule has 2 aromatic rings. The molecule has 6 nitrogen and oxygen atoms in total. The first kappa shape index (κ1) is 14.6. The van der Waals surface area contributed by atoms with Crippen LogP contribution in [0.25, 0.3) is 0 Å². The second-order valence-electron chi connectivity index (χ2n) is 5.88. The minimum atomic E-state index is -0.127. The summed E-state index contributed by atoms with van der Waals surface area (Å²) in [5.74, 6) is 2.90. The van der Waals surface area contributed by atoms with Crippen molar-refractivity contribution in [1.29, 1.82) is 0 Å². The molecule has 0 bridgehead atoms. The molecule has 1 saturated heterocycles. The van der Waals surface area contributed by atoms with E-state index in [2.05, 4.69) is 0 Å². The lowest BCUT2D eigenvalue weighted by atomic mass is 10.0. The van der Waals surface area contributed by atoms with Crippen molar-refractivity contribution >= 4 is 17.2 Å². The van der Waals surface area contributed by atoms with E-state index in [1.807, 2.05) is 24.4 Å². The first-order valence-electron chi connectivity index (χ1n) is 7.62. The molecule has 0 unspecified atom stereocenters. The average molecular weight is 334 g/mol. The van der Waals surface area contributed by atoms with Crippen molar-refractivity contribution in [3.8, 4) is 11.5 Å². The van der Waals surface area contributed by atoms with E-state index in [9.17, 15) is 4.79 Å². The van der Waals surface area contributed by atoms with Gasteiger partial charge in [-0.2, -0.15) is 0 Å². The summed E-state index contributed by atoms with van der Waals surface area (Å²) in [6.07, 6.45) is 0. The molecular weight excluding hydrogens is 316 g/mol. The normalized spacial score (nSPS) is 23.3. The number of hydrogen-bond acceptors (Lipinski definition) is 6. The molecule has 23 heavy (non-hydrogen) atoms. The third-order valence-electron chi connectivity index (χ3n) is 4.27. The number of carbonyl (C=O) groups excluding carboxylic acids is 1. The molecule has 2 atom stereocenters. The van der Waals surface area contributed by atoms with Crippen LogP contribution in [0.5, 0.6) is 11.5 Å². The summed E-state index contributed by atoms with van der Waals surface area (Å²) in [5.41, 5.74) is 6.23. The number of hydrogen-bond donors (Lipinski definition) is 1. The Balaban J connectivity index is 1.55. The maximum absolute atomic E-state index is 12.8. The van der Waals surface area contributed by atoms with Crippen molar-refractivity contribution in [2.45, 2.75) is 18.9 Å². The van der Waals surface area contributed by atoms with Crippen LogP contribution < -0.4 is 15.2 Å². The first-order valence-corrected chi connectivity index (χ1v) is 8.49. The Morgan fingerprint density at radius 1 is 1.30 bits per heavy atom. The topological polar surface area (TPSA) is 77.9 Å². The number of fused-ring (bicyclic) bond motifs is 1. The molecule has 2 aliphatic heterocycles. The molecular formula is C16H18N2O4S. The van der Waals surface area contributed by atoms with Gasteiger partial charge in [-0.15, -0.1) is 11.3 Å². The van der Waals surface area contributed by atoms with Crippen LogP contribution in [0.3, 0.4) is 0 Å². The monoisotopic (exact) mass is 334 g/mol. The number of nitrogens with zero attached hydrogens (tertiary/aromatic N) is 1. The summed E-state index contributed by atoms with van der Waals surface area (Å²) in [4.78, 5) is 15.2. The number of likely N-dealkylation sites (tertiary alicyclic amines) is 1. The first-order chi connectivity index (χ1) is 11.1. The molecule has 7 heteroatoms. The number of carbonyl (C=O) groups is 1. The van der Waals surface area contributed by atoms with Gasteiger partial charge < -0.3 is 24.5 Å². The molecule has 122 valence electrons. The van der Waals surface area contributed by atoms with Gasteiger partial charge in [0.05, 0.1) is 5.92 Å². The molecule has 1 amide bonds. The van der Waals surface area contributed by atoms with E-state index in [0.717, 1.165) is 11.5 Å². The summed E-state index contributed by atoms with van der Waals surface area (Å²) >= 11 is 1.36. The van der Waals surface area contributed by atoms with Crippen molar-refractivity contribution < 1.29 is 18.7 Å². The van der Waals surface area contributed by atoms with Crippen LogP contribution in [0.1, 0.15) is 27.1 Å². The predicted molar refractivity (Wildman–Crippen MR) is 85.4 cm³/mol. The highest BCUT2D eigenvalue weighted by Crippen LogP contribution is 2.41. The fraction of sp³-hybridized carbons (Fsp3) is 0.438. The number of aryl methyl sites for hydroxylation is 1. The van der Waals surface area contributed by atoms with Crippen molar-refractivity contribution in [2.75, 3.05) is 26.3 Å². The highest BCUT2D eigenvalue weighted by molar-refractivity contribution is 7.12. The summed E-state index contributed by atoms with van der Waals surface area (Å²) in [6.45, 7) is 3.96. The number of amides is 1. The zero-order valence-corrected chi connectivity index (χ0v) is 13.6. The van der Waals surface area contributed by atoms with Gasteiger partial charge in [0.15, 0.2) is 11.5 Å². The maximum atomic E-state index is 12.8. The second-order valence-corrected chi connectivity index (χ2v) is 6.76. The zero-order valence-electron chi connectivity index (χ0n) is 12.8. The highest BCUT2D eigenvalue weighted by atomic mass is 32.1. The maximum Gasteiger partial charge on any atom is 0.267 e. The van der Waals surface area contributed by atoms with Crippen LogP contribution in [-0.4, -0.2) is 43.2 Å². The average Bonchev–Trinajstić information content (AvgIpc) is 3.24. The summed E-state index contributed by atoms with van der Waals surface area (Å²) in [6, 6.07) is 3.74. The Kier molecular flexibility index (Phi) is 3.54. The van der Waals surface area contributed by atoms with Crippen molar-refractivity contribution in [1.82, 2.24) is 4.90 Å². The van der Waals surface area contributed by atoms with E-state index in [1.54, 1.807) is 4.90 Å². The van der Waals surface area contributed by atoms with Gasteiger partial charge in [-0.25, -0.2) is 0 Å². The lowest BCUT2D eigenvalue weighted by Crippen LogP contribution is -2.32. The predicted octanol–water partition coefficient (Wildman–Crippen LogP) is 1.99. The van der Waals surface area contributed by atoms with Gasteiger partial charge in [-0.3, -0.25) is 4.79 Å². The Morgan fingerprint density at radius 3 is 2.91 bits per heavy atom. The van der Waals surface area contributed by atoms with Crippen LogP contribution in [0.4, 0.5) is 0 Å². The molecule has 2 aromatic heterocycles. The summed E-state index contributed by atoms with van der Waals surface area (Å²) in [5, 5.41) is 1.82. The van der Waals surface area contributed by atoms with E-state index in [0.29, 0.717) is 42.7 Å². The zero-order chi connectivity index (χ0) is 16.0. The Labute approximate surface area is 137 Å². The molecule has 2 N–H and O–H groups in total. The number of thiophene rings is 1. The minimum absolute atomic E-state index is 0.0283. The SMILES string of the molecule is Cc1ccc([C@@H]2CN(C(=O)c3scc4c3OCCO4)C[C@H]2N)o1. The molecule has 0 radical (unpaired) electrons. The molecule has 0 saturated carbocycles. The van der Waals surface area contributed by atoms with Gasteiger partial charge in [-0.05, 0) is 19.1 Å². The quantitative estimate of drug-likeness (QED) is 0.909. The standard InChI is InChI=1S/C16H18N2O4S/c1-9-2-3-12(22-9)10-6-18(7-11(10)17)16(19)15-14-13(8-23-15)20-4-5-21-14/h2-3,8,10-11H,4-7,17H2,1H3/t10-,11-/m1/s1. The van der Waals surface area contributed by atoms with Crippen molar-refractivity contribution in [3.63, 3.8) is 0 Å². The minimum Gasteiger partial charge on any atom is -0.485 e. The van der Waals surface area contributed by atoms with Gasteiger partial charge in [0.25, 0.3) is 5.91 Å². The van der Waals surface area contributed by atoms with Crippen molar-refractivity contribution in [2.24, 2.45) is 5.73 Å². The third kappa shape index (κ3) is 2.49. The van der Waals surface area contributed by atoms with Crippen LogP contribution in [0.15, 0.2) is 21.9 Å². The number of rotatable bonds is 2. The fourth-order valence-corrected chi connectivity index (χ4v) is 4.00. The van der Waals surface area contributed by atoms with Crippen LogP contribution in [-0.2, 0) is 0 Å². The van der Waals surface area contributed by atoms with Gasteiger partial charge in [-0.1, -0.05) is 0 Å². The van der Waals surface area contributed by atoms with E-state index >= 15 is 0 Å². The molecule has 4 heterocycles. The van der Waals surface area contributed by atoms with E-state index in [4.69, 9.17) is 19.6 Å². The van der Waals surface area contributed by atoms with Crippen molar-refractivity contribution in [3.05, 3.63) is 33.9 Å². The molecule has 0 spiro atoms. The summed E-state index contributed by atoms with van der Waals surface area (Å²) in [7, 11) is 0. The second kappa shape index (κ2) is 5.58. The van der Waals surface area contributed by atoms with Crippen LogP contribution in [0, 0.1) is 6.92 Å². The van der Waals surface area contributed by atoms with E-state index in [1.165, 1.54) is 11.3 Å². The molecule has 2 aliphatic rings. The Bertz CT molecular complexity index is 738. The van der Waals surface area contributed by atoms with Gasteiger partial charge >= 0.3 is 0 Å². The van der Waals surface area contributed by atoms with Gasteiger partial charge in [0.1, 0.15) is 29.6 Å². The smallest absolute Gasteiger partial charge is 0.267 e.